The number of fused-ring (bicyclic) bond motifs is 1. The van der Waals surface area contributed by atoms with Crippen molar-refractivity contribution < 1.29 is 9.59 Å². The lowest BCUT2D eigenvalue weighted by molar-refractivity contribution is -0.117. The van der Waals surface area contributed by atoms with Crippen LogP contribution in [0.2, 0.25) is 0 Å². The van der Waals surface area contributed by atoms with Gasteiger partial charge in [0.15, 0.2) is 5.82 Å². The summed E-state index contributed by atoms with van der Waals surface area (Å²) in [5.74, 6) is 0.241. The molecule has 2 N–H and O–H groups in total. The molecule has 1 heterocycles. The lowest BCUT2D eigenvalue weighted by Crippen LogP contribution is -2.19. The van der Waals surface area contributed by atoms with Gasteiger partial charge in [0, 0.05) is 23.0 Å². The molecule has 0 atom stereocenters. The van der Waals surface area contributed by atoms with Crippen molar-refractivity contribution in [3.05, 3.63) is 72.3 Å². The second-order valence-electron chi connectivity index (χ2n) is 7.25. The number of hydrogen-bond donors (Lipinski definition) is 2. The predicted octanol–water partition coefficient (Wildman–Crippen LogP) is 4.96. The number of anilines is 2. The fourth-order valence-corrected chi connectivity index (χ4v) is 3.84. The van der Waals surface area contributed by atoms with E-state index in [-0.39, 0.29) is 17.7 Å². The van der Waals surface area contributed by atoms with E-state index in [0.717, 1.165) is 40.7 Å². The van der Waals surface area contributed by atoms with Crippen molar-refractivity contribution in [1.82, 2.24) is 9.36 Å². The Morgan fingerprint density at radius 2 is 1.60 bits per heavy atom. The van der Waals surface area contributed by atoms with Crippen LogP contribution < -0.4 is 10.6 Å². The largest absolute Gasteiger partial charge is 0.325 e. The first-order valence-electron chi connectivity index (χ1n) is 9.71. The van der Waals surface area contributed by atoms with Crippen LogP contribution in [0.5, 0.6) is 0 Å². The monoisotopic (exact) mass is 414 g/mol. The smallest absolute Gasteiger partial charge is 0.259 e. The number of carbonyl (C=O) groups is 2. The number of benzene rings is 3. The van der Waals surface area contributed by atoms with Crippen LogP contribution in [0, 0.1) is 5.92 Å². The third-order valence-corrected chi connectivity index (χ3v) is 5.65. The Morgan fingerprint density at radius 1 is 0.900 bits per heavy atom. The number of hydrogen-bond acceptors (Lipinski definition) is 5. The Balaban J connectivity index is 1.44. The number of rotatable bonds is 5. The third-order valence-electron chi connectivity index (χ3n) is 5.01. The van der Waals surface area contributed by atoms with Crippen molar-refractivity contribution in [2.24, 2.45) is 5.92 Å². The maximum Gasteiger partial charge on any atom is 0.259 e. The van der Waals surface area contributed by atoms with Crippen LogP contribution in [0.25, 0.3) is 22.2 Å². The average Bonchev–Trinajstić information content (AvgIpc) is 3.53. The van der Waals surface area contributed by atoms with Gasteiger partial charge in [-0.3, -0.25) is 14.9 Å². The molecule has 1 aliphatic rings. The number of nitrogens with one attached hydrogen (secondary N) is 2. The van der Waals surface area contributed by atoms with E-state index in [1.807, 2.05) is 60.7 Å². The van der Waals surface area contributed by atoms with Gasteiger partial charge in [0.25, 0.3) is 5.91 Å². The summed E-state index contributed by atoms with van der Waals surface area (Å²) in [5, 5.41) is 8.05. The van der Waals surface area contributed by atoms with E-state index in [1.54, 1.807) is 6.07 Å². The molecule has 1 fully saturated rings. The minimum atomic E-state index is -0.331. The molecule has 3 aromatic carbocycles. The van der Waals surface area contributed by atoms with Gasteiger partial charge in [-0.1, -0.05) is 54.6 Å². The molecule has 0 aliphatic heterocycles. The van der Waals surface area contributed by atoms with Crippen LogP contribution in [-0.4, -0.2) is 21.2 Å². The zero-order valence-corrected chi connectivity index (χ0v) is 16.8. The van der Waals surface area contributed by atoms with Crippen LogP contribution in [-0.2, 0) is 4.79 Å². The first-order chi connectivity index (χ1) is 14.7. The first kappa shape index (κ1) is 18.4. The Morgan fingerprint density at radius 3 is 2.33 bits per heavy atom. The zero-order valence-electron chi connectivity index (χ0n) is 16.0. The van der Waals surface area contributed by atoms with Gasteiger partial charge in [-0.25, -0.2) is 0 Å². The Hall–Kier alpha value is -3.58. The maximum absolute atomic E-state index is 13.1. The predicted molar refractivity (Wildman–Crippen MR) is 119 cm³/mol. The van der Waals surface area contributed by atoms with Crippen LogP contribution in [0.3, 0.4) is 0 Å². The highest BCUT2D eigenvalue weighted by Gasteiger charge is 2.30. The molecule has 2 amide bonds. The second kappa shape index (κ2) is 7.68. The van der Waals surface area contributed by atoms with E-state index in [0.29, 0.717) is 22.2 Å². The second-order valence-corrected chi connectivity index (χ2v) is 8.00. The molecule has 0 saturated heterocycles. The molecule has 0 spiro atoms. The molecular weight excluding hydrogens is 396 g/mol. The van der Waals surface area contributed by atoms with Gasteiger partial charge in [0.05, 0.1) is 11.3 Å². The van der Waals surface area contributed by atoms with Crippen LogP contribution in [0.1, 0.15) is 23.2 Å². The molecule has 6 nitrogen and oxygen atoms in total. The summed E-state index contributed by atoms with van der Waals surface area (Å²) in [6.45, 7) is 0. The van der Waals surface area contributed by atoms with Crippen LogP contribution >= 0.6 is 11.5 Å². The van der Waals surface area contributed by atoms with Crippen molar-refractivity contribution in [3.8, 4) is 11.4 Å². The molecule has 0 unspecified atom stereocenters. The van der Waals surface area contributed by atoms with E-state index in [4.69, 9.17) is 0 Å². The first-order valence-corrected chi connectivity index (χ1v) is 10.5. The fourth-order valence-electron chi connectivity index (χ4n) is 3.26. The average molecular weight is 414 g/mol. The number of carbonyl (C=O) groups excluding carboxylic acids is 2. The summed E-state index contributed by atoms with van der Waals surface area (Å²) in [6, 6.07) is 21.0. The minimum Gasteiger partial charge on any atom is -0.325 e. The topological polar surface area (TPSA) is 84.0 Å². The van der Waals surface area contributed by atoms with Gasteiger partial charge in [-0.2, -0.15) is 9.36 Å². The van der Waals surface area contributed by atoms with Crippen molar-refractivity contribution in [2.45, 2.75) is 12.8 Å². The van der Waals surface area contributed by atoms with Gasteiger partial charge in [0.1, 0.15) is 0 Å². The standard InChI is InChI=1S/C23H18N4O2S/c28-21(15-10-11-15)24-19-13-17-9-5-4-8-16(17)12-18(19)22(29)26-23-25-20(27-30-23)14-6-2-1-3-7-14/h1-9,12-13,15H,10-11H2,(H,24,28)(H,25,26,27,29). The zero-order chi connectivity index (χ0) is 20.5. The third kappa shape index (κ3) is 3.79. The summed E-state index contributed by atoms with van der Waals surface area (Å²) < 4.78 is 4.33. The van der Waals surface area contributed by atoms with Crippen molar-refractivity contribution in [2.75, 3.05) is 10.6 Å². The summed E-state index contributed by atoms with van der Waals surface area (Å²) >= 11 is 1.13. The highest BCUT2D eigenvalue weighted by Crippen LogP contribution is 2.32. The molecule has 148 valence electrons. The molecular formula is C23H18N4O2S. The van der Waals surface area contributed by atoms with E-state index in [2.05, 4.69) is 20.0 Å². The molecule has 0 bridgehead atoms. The van der Waals surface area contributed by atoms with Gasteiger partial charge >= 0.3 is 0 Å². The summed E-state index contributed by atoms with van der Waals surface area (Å²) in [6.07, 6.45) is 1.79. The molecule has 0 radical (unpaired) electrons. The Bertz CT molecular complexity index is 1250. The molecule has 1 saturated carbocycles. The van der Waals surface area contributed by atoms with Gasteiger partial charge in [0.2, 0.25) is 11.0 Å². The molecule has 1 aromatic heterocycles. The molecule has 7 heteroatoms. The highest BCUT2D eigenvalue weighted by molar-refractivity contribution is 7.10. The molecule has 1 aliphatic carbocycles. The summed E-state index contributed by atoms with van der Waals surface area (Å²) in [4.78, 5) is 29.8. The minimum absolute atomic E-state index is 0.0402. The number of nitrogens with zero attached hydrogens (tertiary/aromatic N) is 2. The van der Waals surface area contributed by atoms with Crippen LogP contribution in [0.4, 0.5) is 10.8 Å². The van der Waals surface area contributed by atoms with E-state index in [1.165, 1.54) is 0 Å². The Labute approximate surface area is 177 Å². The molecule has 5 rings (SSSR count). The highest BCUT2D eigenvalue weighted by atomic mass is 32.1. The number of aromatic nitrogens is 2. The Kier molecular flexibility index (Phi) is 4.72. The normalized spacial score (nSPS) is 13.2. The molecule has 4 aromatic rings. The van der Waals surface area contributed by atoms with E-state index >= 15 is 0 Å². The van der Waals surface area contributed by atoms with Gasteiger partial charge in [-0.15, -0.1) is 0 Å². The maximum atomic E-state index is 13.1. The van der Waals surface area contributed by atoms with E-state index in [9.17, 15) is 9.59 Å². The van der Waals surface area contributed by atoms with Crippen molar-refractivity contribution >= 4 is 44.9 Å². The van der Waals surface area contributed by atoms with Gasteiger partial charge < -0.3 is 5.32 Å². The fraction of sp³-hybridized carbons (Fsp3) is 0.130. The number of amides is 2. The summed E-state index contributed by atoms with van der Waals surface area (Å²) in [5.41, 5.74) is 1.80. The summed E-state index contributed by atoms with van der Waals surface area (Å²) in [7, 11) is 0. The van der Waals surface area contributed by atoms with Crippen molar-refractivity contribution in [1.29, 1.82) is 0 Å². The lowest BCUT2D eigenvalue weighted by Gasteiger charge is -2.12. The quantitative estimate of drug-likeness (QED) is 0.483. The van der Waals surface area contributed by atoms with Crippen LogP contribution in [0.15, 0.2) is 66.7 Å². The SMILES string of the molecule is O=C(Nc1nc(-c2ccccc2)ns1)c1cc2ccccc2cc1NC(=O)C1CC1. The molecule has 30 heavy (non-hydrogen) atoms. The van der Waals surface area contributed by atoms with E-state index < -0.39 is 0 Å². The lowest BCUT2D eigenvalue weighted by atomic mass is 10.0. The van der Waals surface area contributed by atoms with Gasteiger partial charge in [-0.05, 0) is 35.7 Å². The van der Waals surface area contributed by atoms with Crippen molar-refractivity contribution in [3.63, 3.8) is 0 Å².